The molecule has 0 fully saturated rings. The van der Waals surface area contributed by atoms with Crippen molar-refractivity contribution < 1.29 is 0 Å². The summed E-state index contributed by atoms with van der Waals surface area (Å²) in [6.45, 7) is 1.82. The Balaban J connectivity index is 2.53. The summed E-state index contributed by atoms with van der Waals surface area (Å²) in [5.41, 5.74) is 3.08. The van der Waals surface area contributed by atoms with Crippen LogP contribution in [0.4, 0.5) is 0 Å². The van der Waals surface area contributed by atoms with Crippen molar-refractivity contribution in [2.75, 3.05) is 0 Å². The van der Waals surface area contributed by atoms with Crippen LogP contribution in [0.3, 0.4) is 0 Å². The monoisotopic (exact) mass is 210 g/mol. The van der Waals surface area contributed by atoms with E-state index >= 15 is 0 Å². The highest BCUT2D eigenvalue weighted by Crippen LogP contribution is 2.16. The number of rotatable bonds is 0. The first kappa shape index (κ1) is 9.09. The van der Waals surface area contributed by atoms with Gasteiger partial charge in [0.15, 0.2) is 5.43 Å². The molecule has 0 aromatic carbocycles. The predicted molar refractivity (Wildman–Crippen MR) is 62.8 cm³/mol. The van der Waals surface area contributed by atoms with E-state index in [-0.39, 0.29) is 5.43 Å². The highest BCUT2D eigenvalue weighted by molar-refractivity contribution is 5.64. The Morgan fingerprint density at radius 3 is 2.94 bits per heavy atom. The average molecular weight is 210 g/mol. The van der Waals surface area contributed by atoms with Crippen LogP contribution in [0.2, 0.25) is 0 Å². The smallest absolute Gasteiger partial charge is 0.192 e. The van der Waals surface area contributed by atoms with E-state index in [1.54, 1.807) is 0 Å². The minimum absolute atomic E-state index is 0.0586. The second kappa shape index (κ2) is 3.17. The Morgan fingerprint density at radius 1 is 1.19 bits per heavy atom. The van der Waals surface area contributed by atoms with Crippen LogP contribution in [-0.2, 0) is 0 Å². The number of nitrogens with zero attached hydrogens (tertiary/aromatic N) is 2. The average Bonchev–Trinajstić information content (AvgIpc) is 2.32. The van der Waals surface area contributed by atoms with Crippen molar-refractivity contribution in [1.82, 2.24) is 9.38 Å². The molecule has 3 rings (SSSR count). The van der Waals surface area contributed by atoms with Gasteiger partial charge >= 0.3 is 0 Å². The number of fused-ring (bicyclic) bond motifs is 2. The quantitative estimate of drug-likeness (QED) is 0.532. The SMILES string of the molecule is Cc1ccc2nc3ccccn3cc-2c1=O. The highest BCUT2D eigenvalue weighted by Gasteiger charge is 2.09. The molecule has 0 saturated carbocycles. The number of hydrogen-bond acceptors (Lipinski definition) is 2. The van der Waals surface area contributed by atoms with Crippen LogP contribution in [0.5, 0.6) is 0 Å². The molecule has 1 aromatic heterocycles. The summed E-state index contributed by atoms with van der Waals surface area (Å²) in [5.74, 6) is 0. The van der Waals surface area contributed by atoms with Crippen LogP contribution < -0.4 is 5.43 Å². The molecule has 0 saturated heterocycles. The lowest BCUT2D eigenvalue weighted by Gasteiger charge is -2.07. The summed E-state index contributed by atoms with van der Waals surface area (Å²) in [5, 5.41) is 0. The van der Waals surface area contributed by atoms with Crippen LogP contribution in [0.25, 0.3) is 16.9 Å². The minimum atomic E-state index is 0.0586. The fourth-order valence-corrected chi connectivity index (χ4v) is 1.83. The van der Waals surface area contributed by atoms with E-state index in [0.29, 0.717) is 5.56 Å². The number of benzene rings is 1. The minimum Gasteiger partial charge on any atom is -0.308 e. The van der Waals surface area contributed by atoms with Gasteiger partial charge in [0, 0.05) is 12.4 Å². The van der Waals surface area contributed by atoms with E-state index in [4.69, 9.17) is 0 Å². The zero-order valence-corrected chi connectivity index (χ0v) is 8.84. The molecule has 0 bridgehead atoms. The molecule has 0 N–H and O–H groups in total. The lowest BCUT2D eigenvalue weighted by molar-refractivity contribution is 1.09. The second-order valence-corrected chi connectivity index (χ2v) is 3.85. The molecular weight excluding hydrogens is 200 g/mol. The zero-order chi connectivity index (χ0) is 11.1. The third kappa shape index (κ3) is 1.21. The first-order valence-corrected chi connectivity index (χ1v) is 5.13. The molecule has 2 aliphatic rings. The zero-order valence-electron chi connectivity index (χ0n) is 8.84. The van der Waals surface area contributed by atoms with Crippen LogP contribution in [0.1, 0.15) is 5.56 Å². The standard InChI is InChI=1S/C13H10N2O/c1-9-5-6-11-10(13(9)16)8-15-7-3-2-4-12(15)14-11/h2-8H,1H3. The van der Waals surface area contributed by atoms with Crippen molar-refractivity contribution in [2.45, 2.75) is 6.92 Å². The molecule has 2 heterocycles. The highest BCUT2D eigenvalue weighted by atomic mass is 16.1. The number of aryl methyl sites for hydroxylation is 1. The summed E-state index contributed by atoms with van der Waals surface area (Å²) in [7, 11) is 0. The number of hydrogen-bond donors (Lipinski definition) is 0. The summed E-state index contributed by atoms with van der Waals surface area (Å²) in [6, 6.07) is 9.47. The van der Waals surface area contributed by atoms with Crippen LogP contribution in [0, 0.1) is 6.92 Å². The van der Waals surface area contributed by atoms with Crippen molar-refractivity contribution in [3.8, 4) is 11.3 Å². The molecule has 3 heteroatoms. The normalized spacial score (nSPS) is 11.1. The summed E-state index contributed by atoms with van der Waals surface area (Å²) < 4.78 is 1.86. The molecule has 1 aromatic rings. The molecule has 0 amide bonds. The van der Waals surface area contributed by atoms with Gasteiger partial charge in [-0.25, -0.2) is 4.98 Å². The van der Waals surface area contributed by atoms with E-state index in [1.807, 2.05) is 54.0 Å². The Bertz CT molecular complexity index is 700. The van der Waals surface area contributed by atoms with Gasteiger partial charge in [0.05, 0.1) is 11.3 Å². The van der Waals surface area contributed by atoms with Gasteiger partial charge in [0.2, 0.25) is 0 Å². The molecule has 0 radical (unpaired) electrons. The fourth-order valence-electron chi connectivity index (χ4n) is 1.83. The molecule has 1 aliphatic heterocycles. The molecule has 1 aliphatic carbocycles. The Kier molecular flexibility index (Phi) is 1.80. The number of pyridine rings is 1. The van der Waals surface area contributed by atoms with Crippen molar-refractivity contribution in [3.63, 3.8) is 0 Å². The molecule has 0 unspecified atom stereocenters. The van der Waals surface area contributed by atoms with Crippen molar-refractivity contribution >= 4 is 5.65 Å². The van der Waals surface area contributed by atoms with Crippen molar-refractivity contribution in [1.29, 1.82) is 0 Å². The van der Waals surface area contributed by atoms with Gasteiger partial charge in [-0.3, -0.25) is 4.79 Å². The van der Waals surface area contributed by atoms with Gasteiger partial charge in [-0.2, -0.15) is 0 Å². The summed E-state index contributed by atoms with van der Waals surface area (Å²) in [6.07, 6.45) is 3.73. The summed E-state index contributed by atoms with van der Waals surface area (Å²) in [4.78, 5) is 16.4. The maximum atomic E-state index is 11.9. The van der Waals surface area contributed by atoms with E-state index in [0.717, 1.165) is 16.9 Å². The maximum Gasteiger partial charge on any atom is 0.192 e. The molecule has 78 valence electrons. The Morgan fingerprint density at radius 2 is 2.06 bits per heavy atom. The predicted octanol–water partition coefficient (Wildman–Crippen LogP) is 2.11. The third-order valence-electron chi connectivity index (χ3n) is 2.74. The maximum absolute atomic E-state index is 11.9. The molecular formula is C13H10N2O. The van der Waals surface area contributed by atoms with E-state index in [1.165, 1.54) is 0 Å². The van der Waals surface area contributed by atoms with Crippen LogP contribution in [0.15, 0.2) is 47.5 Å². The first-order valence-electron chi connectivity index (χ1n) is 5.13. The van der Waals surface area contributed by atoms with E-state index in [2.05, 4.69) is 4.98 Å². The second-order valence-electron chi connectivity index (χ2n) is 3.85. The lowest BCUT2D eigenvalue weighted by Crippen LogP contribution is -2.11. The number of aromatic nitrogens is 2. The van der Waals surface area contributed by atoms with Crippen molar-refractivity contribution in [2.24, 2.45) is 0 Å². The van der Waals surface area contributed by atoms with Gasteiger partial charge in [-0.05, 0) is 30.7 Å². The Hall–Kier alpha value is -2.16. The first-order chi connectivity index (χ1) is 7.75. The fraction of sp³-hybridized carbons (Fsp3) is 0.0769. The van der Waals surface area contributed by atoms with Crippen molar-refractivity contribution in [3.05, 3.63) is 58.5 Å². The Labute approximate surface area is 92.3 Å². The lowest BCUT2D eigenvalue weighted by atomic mass is 10.1. The molecule has 0 atom stereocenters. The van der Waals surface area contributed by atoms with Crippen LogP contribution in [-0.4, -0.2) is 9.38 Å². The molecule has 3 nitrogen and oxygen atoms in total. The van der Waals surface area contributed by atoms with Gasteiger partial charge < -0.3 is 4.40 Å². The van der Waals surface area contributed by atoms with Gasteiger partial charge in [-0.15, -0.1) is 0 Å². The van der Waals surface area contributed by atoms with Gasteiger partial charge in [0.1, 0.15) is 5.65 Å². The third-order valence-corrected chi connectivity index (χ3v) is 2.74. The molecule has 0 spiro atoms. The van der Waals surface area contributed by atoms with Crippen LogP contribution >= 0.6 is 0 Å². The largest absolute Gasteiger partial charge is 0.308 e. The van der Waals surface area contributed by atoms with E-state index in [9.17, 15) is 4.79 Å². The molecule has 16 heavy (non-hydrogen) atoms. The summed E-state index contributed by atoms with van der Waals surface area (Å²) >= 11 is 0. The van der Waals surface area contributed by atoms with Gasteiger partial charge in [0.25, 0.3) is 0 Å². The topological polar surface area (TPSA) is 34.4 Å². The van der Waals surface area contributed by atoms with E-state index < -0.39 is 0 Å². The van der Waals surface area contributed by atoms with Gasteiger partial charge in [-0.1, -0.05) is 12.1 Å².